The molecule has 6 heterocycles. The van der Waals surface area contributed by atoms with E-state index in [1.165, 1.54) is 22.3 Å². The van der Waals surface area contributed by atoms with Gasteiger partial charge in [-0.1, -0.05) is 166 Å². The molecule has 2 aliphatic heterocycles. The molecule has 0 bridgehead atoms. The van der Waals surface area contributed by atoms with Crippen molar-refractivity contribution in [2.75, 3.05) is 19.6 Å². The zero-order valence-electron chi connectivity index (χ0n) is 53.5. The lowest BCUT2D eigenvalue weighted by Crippen LogP contribution is -2.35. The van der Waals surface area contributed by atoms with Gasteiger partial charge in [-0.2, -0.15) is 0 Å². The van der Waals surface area contributed by atoms with Gasteiger partial charge in [0, 0.05) is 88.9 Å². The molecule has 8 nitrogen and oxygen atoms in total. The average molecular weight is 1050 g/mol. The Morgan fingerprint density at radius 2 is 0.346 bits per heavy atom. The van der Waals surface area contributed by atoms with Crippen molar-refractivity contribution in [1.82, 2.24) is 19.9 Å². The smallest absolute Gasteiger partial charge is 0.166 e. The Morgan fingerprint density at radius 1 is 0.218 bits per heavy atom. The fourth-order valence-corrected chi connectivity index (χ4v) is 10.0. The van der Waals surface area contributed by atoms with Crippen LogP contribution in [-0.4, -0.2) is 19.9 Å². The minimum Gasteiger partial charge on any atom is -0.291 e. The summed E-state index contributed by atoms with van der Waals surface area (Å²) in [5.41, 5.74) is 19.8. The molecule has 0 fully saturated rings. The van der Waals surface area contributed by atoms with Crippen LogP contribution in [0.4, 0.5) is 45.5 Å². The number of aryl methyl sites for hydroxylation is 4. The minimum absolute atomic E-state index is 0.257. The molecule has 0 spiro atoms. The number of pyridine rings is 4. The molecule has 8 heteroatoms. The van der Waals surface area contributed by atoms with Gasteiger partial charge < -0.3 is 0 Å². The summed E-state index contributed by atoms with van der Waals surface area (Å²) < 4.78 is 0. The SMILES string of the molecule is Cc1cc2c(cc1C)N(c1cc(C(C)(C)C)nc(C(C)(C)C)c1)C(=C1N(c3cc(C(C)(C)C)nc(C(C)(C)C)c3)c3cc(C)c(C)cc3N1c1cc(C(C)(C)C)nc(C(C)(C)C)c1)N2c1cc(C(C)(C)C)nc(C(C)(C)C)c1. The molecule has 0 amide bonds. The van der Waals surface area contributed by atoms with Crippen molar-refractivity contribution in [2.45, 2.75) is 237 Å². The van der Waals surface area contributed by atoms with Crippen molar-refractivity contribution >= 4 is 45.5 Å². The number of hydrogen-bond acceptors (Lipinski definition) is 8. The average Bonchev–Trinajstić information content (AvgIpc) is 3.77. The first-order valence-electron chi connectivity index (χ1n) is 28.7. The van der Waals surface area contributed by atoms with Crippen LogP contribution in [0.1, 0.15) is 234 Å². The van der Waals surface area contributed by atoms with Gasteiger partial charge in [0.25, 0.3) is 0 Å². The monoisotopic (exact) mass is 1050 g/mol. The predicted octanol–water partition coefficient (Wildman–Crippen LogP) is 19.3. The largest absolute Gasteiger partial charge is 0.291 e. The van der Waals surface area contributed by atoms with E-state index in [4.69, 9.17) is 19.9 Å². The summed E-state index contributed by atoms with van der Waals surface area (Å²) in [4.78, 5) is 32.4. The van der Waals surface area contributed by atoms with E-state index in [0.717, 1.165) is 103 Å². The van der Waals surface area contributed by atoms with Gasteiger partial charge in [-0.25, -0.2) is 0 Å². The Labute approximate surface area is 472 Å². The summed E-state index contributed by atoms with van der Waals surface area (Å²) in [5.74, 6) is 1.99. The fraction of sp³-hybridized carbons (Fsp3) is 0.514. The van der Waals surface area contributed by atoms with E-state index < -0.39 is 0 Å². The van der Waals surface area contributed by atoms with Crippen molar-refractivity contribution in [1.29, 1.82) is 0 Å². The van der Waals surface area contributed by atoms with E-state index in [0.29, 0.717) is 0 Å². The molecule has 78 heavy (non-hydrogen) atoms. The van der Waals surface area contributed by atoms with Crippen molar-refractivity contribution in [3.8, 4) is 0 Å². The Kier molecular flexibility index (Phi) is 14.0. The lowest BCUT2D eigenvalue weighted by molar-refractivity contribution is 0.530. The van der Waals surface area contributed by atoms with Crippen molar-refractivity contribution in [2.24, 2.45) is 0 Å². The fourth-order valence-electron chi connectivity index (χ4n) is 10.0. The number of benzene rings is 2. The zero-order chi connectivity index (χ0) is 58.3. The Hall–Kier alpha value is -6.02. The van der Waals surface area contributed by atoms with Crippen LogP contribution in [0, 0.1) is 27.7 Å². The van der Waals surface area contributed by atoms with Crippen LogP contribution in [0.2, 0.25) is 0 Å². The molecule has 6 aromatic rings. The standard InChI is InChI=1S/C70H96N8/c1-41-29-49-50(30-42(41)2)76(46-35-55(65(11,12)13)72-56(36-46)66(14,15)16)61(75(49)45-33-53(63(5,6)7)71-54(34-45)64(8,9)10)62-77(47-37-57(67(17,18)19)73-58(38-47)68(20,21)22)51-31-43(3)44(4)32-52(51)78(62)48-39-59(69(23,24)25)74-60(40-48)70(26,27)28/h29-40H,1-28H3. The molecule has 0 aliphatic carbocycles. The first kappa shape index (κ1) is 58.1. The third-order valence-electron chi connectivity index (χ3n) is 15.6. The molecule has 416 valence electrons. The molecule has 0 unspecified atom stereocenters. The number of nitrogens with zero attached hydrogens (tertiary/aromatic N) is 8. The third kappa shape index (κ3) is 11.0. The Morgan fingerprint density at radius 3 is 0.462 bits per heavy atom. The molecule has 8 rings (SSSR count). The van der Waals surface area contributed by atoms with Crippen molar-refractivity contribution in [3.63, 3.8) is 0 Å². The lowest BCUT2D eigenvalue weighted by atomic mass is 9.87. The first-order valence-corrected chi connectivity index (χ1v) is 28.7. The van der Waals surface area contributed by atoms with Gasteiger partial charge in [-0.05, 0) is 123 Å². The highest BCUT2D eigenvalue weighted by atomic mass is 15.5. The highest BCUT2D eigenvalue weighted by Crippen LogP contribution is 2.59. The summed E-state index contributed by atoms with van der Waals surface area (Å²) in [5, 5.41) is 0. The number of fused-ring (bicyclic) bond motifs is 2. The lowest BCUT2D eigenvalue weighted by Gasteiger charge is -2.36. The predicted molar refractivity (Wildman–Crippen MR) is 334 cm³/mol. The Balaban J connectivity index is 1.74. The normalized spacial score (nSPS) is 15.0. The highest BCUT2D eigenvalue weighted by Gasteiger charge is 2.47. The summed E-state index contributed by atoms with van der Waals surface area (Å²) in [6.45, 7) is 63.9. The number of anilines is 8. The molecule has 0 saturated heterocycles. The second-order valence-corrected chi connectivity index (χ2v) is 31.2. The molecule has 0 N–H and O–H groups in total. The van der Waals surface area contributed by atoms with Crippen LogP contribution in [0.3, 0.4) is 0 Å². The van der Waals surface area contributed by atoms with E-state index in [1.807, 2.05) is 0 Å². The summed E-state index contributed by atoms with van der Waals surface area (Å²) in [6.07, 6.45) is 0. The van der Waals surface area contributed by atoms with Crippen LogP contribution in [0.5, 0.6) is 0 Å². The van der Waals surface area contributed by atoms with Gasteiger partial charge in [0.2, 0.25) is 0 Å². The summed E-state index contributed by atoms with van der Waals surface area (Å²) in [6, 6.07) is 28.6. The Bertz CT molecular complexity index is 2790. The highest BCUT2D eigenvalue weighted by molar-refractivity contribution is 6.01. The number of aromatic nitrogens is 4. The van der Waals surface area contributed by atoms with E-state index in [1.54, 1.807) is 0 Å². The third-order valence-corrected chi connectivity index (χ3v) is 15.6. The van der Waals surface area contributed by atoms with Gasteiger partial charge in [0.1, 0.15) is 0 Å². The maximum atomic E-state index is 5.52. The molecular formula is C70H96N8. The van der Waals surface area contributed by atoms with E-state index in [-0.39, 0.29) is 43.3 Å². The quantitative estimate of drug-likeness (QED) is 0.173. The number of hydrogen-bond donors (Lipinski definition) is 0. The van der Waals surface area contributed by atoms with E-state index >= 15 is 0 Å². The molecule has 4 aromatic heterocycles. The maximum absolute atomic E-state index is 5.52. The molecule has 0 radical (unpaired) electrons. The van der Waals surface area contributed by atoms with Gasteiger partial charge in [0.05, 0.1) is 45.5 Å². The summed E-state index contributed by atoms with van der Waals surface area (Å²) >= 11 is 0. The molecule has 0 saturated carbocycles. The summed E-state index contributed by atoms with van der Waals surface area (Å²) in [7, 11) is 0. The second-order valence-electron chi connectivity index (χ2n) is 31.2. The number of rotatable bonds is 4. The maximum Gasteiger partial charge on any atom is 0.166 e. The van der Waals surface area contributed by atoms with Crippen LogP contribution in [0.15, 0.2) is 84.4 Å². The van der Waals surface area contributed by atoms with Gasteiger partial charge in [-0.15, -0.1) is 0 Å². The second kappa shape index (κ2) is 18.8. The minimum atomic E-state index is -0.257. The van der Waals surface area contributed by atoms with Gasteiger partial charge >= 0.3 is 0 Å². The van der Waals surface area contributed by atoms with Crippen molar-refractivity contribution in [3.05, 3.63) is 152 Å². The topological polar surface area (TPSA) is 64.5 Å². The zero-order valence-corrected chi connectivity index (χ0v) is 53.5. The van der Waals surface area contributed by atoms with Crippen molar-refractivity contribution < 1.29 is 0 Å². The molecule has 2 aromatic carbocycles. The van der Waals surface area contributed by atoms with Crippen LogP contribution in [0.25, 0.3) is 0 Å². The van der Waals surface area contributed by atoms with Gasteiger partial charge in [-0.3, -0.25) is 39.5 Å². The van der Waals surface area contributed by atoms with Gasteiger partial charge in [0.15, 0.2) is 11.6 Å². The van der Waals surface area contributed by atoms with E-state index in [9.17, 15) is 0 Å². The first-order chi connectivity index (χ1) is 35.3. The molecule has 0 atom stereocenters. The van der Waals surface area contributed by atoms with Crippen LogP contribution >= 0.6 is 0 Å². The molecular weight excluding hydrogens is 953 g/mol. The van der Waals surface area contributed by atoms with Crippen LogP contribution in [-0.2, 0) is 43.3 Å². The molecule has 2 aliphatic rings. The van der Waals surface area contributed by atoms with E-state index in [2.05, 4.69) is 286 Å². The van der Waals surface area contributed by atoms with Crippen LogP contribution < -0.4 is 19.6 Å².